The van der Waals surface area contributed by atoms with E-state index in [0.29, 0.717) is 6.54 Å². The van der Waals surface area contributed by atoms with Crippen LogP contribution in [0, 0.1) is 0 Å². The van der Waals surface area contributed by atoms with Gasteiger partial charge >= 0.3 is 0 Å². The molecule has 1 aliphatic carbocycles. The van der Waals surface area contributed by atoms with Crippen molar-refractivity contribution in [2.75, 3.05) is 18.5 Å². The molecule has 1 aliphatic heterocycles. The van der Waals surface area contributed by atoms with Gasteiger partial charge in [0.2, 0.25) is 10.0 Å². The maximum Gasteiger partial charge on any atom is 0.253 e. The molecule has 0 unspecified atom stereocenters. The molecule has 0 aromatic heterocycles. The quantitative estimate of drug-likeness (QED) is 0.922. The lowest BCUT2D eigenvalue weighted by atomic mass is 10.1. The highest BCUT2D eigenvalue weighted by Crippen LogP contribution is 2.33. The predicted octanol–water partition coefficient (Wildman–Crippen LogP) is 1.59. The molecule has 0 bridgehead atoms. The molecule has 0 saturated heterocycles. The average Bonchev–Trinajstić information content (AvgIpc) is 3.15. The Kier molecular flexibility index (Phi) is 3.59. The number of rotatable bonds is 3. The van der Waals surface area contributed by atoms with E-state index < -0.39 is 10.0 Å². The van der Waals surface area contributed by atoms with Crippen molar-refractivity contribution in [2.24, 2.45) is 0 Å². The summed E-state index contributed by atoms with van der Waals surface area (Å²) in [6, 6.07) is 4.99. The van der Waals surface area contributed by atoms with Crippen LogP contribution in [0.25, 0.3) is 0 Å². The number of hydrogen-bond acceptors (Lipinski definition) is 3. The summed E-state index contributed by atoms with van der Waals surface area (Å²) in [6.45, 7) is 0.620. The first-order valence-corrected chi connectivity index (χ1v) is 8.58. The van der Waals surface area contributed by atoms with E-state index in [1.54, 1.807) is 23.1 Å². The van der Waals surface area contributed by atoms with E-state index in [-0.39, 0.29) is 10.8 Å². The molecular formula is C15H18N2O3S. The number of hydrogen-bond donors (Lipinski definition) is 1. The number of allylic oxidation sites excluding steroid dienone is 1. The molecule has 0 saturated carbocycles. The van der Waals surface area contributed by atoms with Crippen LogP contribution in [0.4, 0.5) is 5.69 Å². The molecule has 1 heterocycles. The van der Waals surface area contributed by atoms with Crippen molar-refractivity contribution in [2.45, 2.75) is 30.6 Å². The average molecular weight is 306 g/mol. The van der Waals surface area contributed by atoms with Gasteiger partial charge in [-0.15, -0.1) is 0 Å². The van der Waals surface area contributed by atoms with E-state index in [0.717, 1.165) is 42.5 Å². The largest absolute Gasteiger partial charge is 0.308 e. The summed E-state index contributed by atoms with van der Waals surface area (Å²) in [4.78, 5) is 14.4. The van der Waals surface area contributed by atoms with Gasteiger partial charge in [-0.05, 0) is 50.4 Å². The summed E-state index contributed by atoms with van der Waals surface area (Å²) in [5.74, 6) is 0.0188. The molecule has 0 spiro atoms. The molecule has 21 heavy (non-hydrogen) atoms. The minimum atomic E-state index is -3.49. The normalized spacial score (nSPS) is 17.8. The first-order chi connectivity index (χ1) is 10.0. The zero-order chi connectivity index (χ0) is 15.0. The predicted molar refractivity (Wildman–Crippen MR) is 80.7 cm³/mol. The summed E-state index contributed by atoms with van der Waals surface area (Å²) in [5.41, 5.74) is 2.60. The van der Waals surface area contributed by atoms with Gasteiger partial charge < -0.3 is 4.90 Å². The number of carbonyl (C=O) groups excluding carboxylic acids is 1. The molecule has 0 fully saturated rings. The van der Waals surface area contributed by atoms with Crippen molar-refractivity contribution in [3.8, 4) is 0 Å². The highest BCUT2D eigenvalue weighted by atomic mass is 32.2. The molecule has 5 nitrogen and oxygen atoms in total. The number of anilines is 1. The number of nitrogens with zero attached hydrogens (tertiary/aromatic N) is 1. The van der Waals surface area contributed by atoms with Crippen LogP contribution >= 0.6 is 0 Å². The standard InChI is InChI=1S/C15H18N2O3S/c1-16-21(19,20)13-7-6-11-8-9-17(14(11)10-13)15(18)12-4-2-3-5-12/h4,6-7,10,16H,2-3,5,8-9H2,1H3. The smallest absolute Gasteiger partial charge is 0.253 e. The van der Waals surface area contributed by atoms with E-state index in [4.69, 9.17) is 0 Å². The molecule has 1 N–H and O–H groups in total. The van der Waals surface area contributed by atoms with Crippen LogP contribution in [0.15, 0.2) is 34.7 Å². The van der Waals surface area contributed by atoms with Crippen LogP contribution < -0.4 is 9.62 Å². The zero-order valence-corrected chi connectivity index (χ0v) is 12.7. The van der Waals surface area contributed by atoms with Crippen LogP contribution in [-0.2, 0) is 21.2 Å². The Morgan fingerprint density at radius 2 is 2.10 bits per heavy atom. The SMILES string of the molecule is CNS(=O)(=O)c1ccc2c(c1)N(C(=O)C1=CCCC1)CC2. The number of nitrogens with one attached hydrogen (secondary N) is 1. The Labute approximate surface area is 124 Å². The van der Waals surface area contributed by atoms with Crippen molar-refractivity contribution < 1.29 is 13.2 Å². The third-order valence-corrected chi connectivity index (χ3v) is 5.50. The number of carbonyl (C=O) groups is 1. The molecule has 1 aromatic rings. The lowest BCUT2D eigenvalue weighted by Gasteiger charge is -2.18. The van der Waals surface area contributed by atoms with Gasteiger partial charge in [0.05, 0.1) is 4.90 Å². The van der Waals surface area contributed by atoms with Crippen molar-refractivity contribution in [3.05, 3.63) is 35.4 Å². The topological polar surface area (TPSA) is 66.5 Å². The molecule has 0 atom stereocenters. The molecule has 1 amide bonds. The van der Waals surface area contributed by atoms with Gasteiger partial charge in [-0.3, -0.25) is 4.79 Å². The summed E-state index contributed by atoms with van der Waals surface area (Å²) in [6.07, 6.45) is 5.56. The molecule has 6 heteroatoms. The van der Waals surface area contributed by atoms with Gasteiger partial charge in [-0.25, -0.2) is 13.1 Å². The fourth-order valence-corrected chi connectivity index (χ4v) is 3.64. The summed E-state index contributed by atoms with van der Waals surface area (Å²) in [7, 11) is -2.11. The molecule has 1 aromatic carbocycles. The molecule has 112 valence electrons. The van der Waals surface area contributed by atoms with Crippen molar-refractivity contribution in [1.82, 2.24) is 4.72 Å². The Hall–Kier alpha value is -1.66. The van der Waals surface area contributed by atoms with Crippen LogP contribution in [0.2, 0.25) is 0 Å². The van der Waals surface area contributed by atoms with E-state index >= 15 is 0 Å². The number of sulfonamides is 1. The number of amides is 1. The fourth-order valence-electron chi connectivity index (χ4n) is 2.89. The molecule has 3 rings (SSSR count). The molecule has 2 aliphatic rings. The maximum absolute atomic E-state index is 12.5. The minimum Gasteiger partial charge on any atom is -0.308 e. The Morgan fingerprint density at radius 1 is 1.29 bits per heavy atom. The fraction of sp³-hybridized carbons (Fsp3) is 0.400. The van der Waals surface area contributed by atoms with Crippen LogP contribution in [-0.4, -0.2) is 27.9 Å². The first kappa shape index (κ1) is 14.3. The van der Waals surface area contributed by atoms with E-state index in [2.05, 4.69) is 4.72 Å². The third-order valence-electron chi connectivity index (χ3n) is 4.09. The zero-order valence-electron chi connectivity index (χ0n) is 11.9. The molecule has 0 radical (unpaired) electrons. The van der Waals surface area contributed by atoms with Gasteiger partial charge in [-0.1, -0.05) is 12.1 Å². The number of benzene rings is 1. The second-order valence-electron chi connectivity index (χ2n) is 5.33. The Morgan fingerprint density at radius 3 is 2.76 bits per heavy atom. The number of fused-ring (bicyclic) bond motifs is 1. The highest BCUT2D eigenvalue weighted by Gasteiger charge is 2.29. The summed E-state index contributed by atoms with van der Waals surface area (Å²) < 4.78 is 26.1. The van der Waals surface area contributed by atoms with Gasteiger partial charge in [0.1, 0.15) is 0 Å². The van der Waals surface area contributed by atoms with Crippen molar-refractivity contribution in [1.29, 1.82) is 0 Å². The van der Waals surface area contributed by atoms with E-state index in [9.17, 15) is 13.2 Å². The van der Waals surface area contributed by atoms with E-state index in [1.165, 1.54) is 7.05 Å². The first-order valence-electron chi connectivity index (χ1n) is 7.10. The third kappa shape index (κ3) is 2.49. The monoisotopic (exact) mass is 306 g/mol. The molecular weight excluding hydrogens is 288 g/mol. The highest BCUT2D eigenvalue weighted by molar-refractivity contribution is 7.89. The maximum atomic E-state index is 12.5. The second-order valence-corrected chi connectivity index (χ2v) is 7.21. The Balaban J connectivity index is 1.97. The van der Waals surface area contributed by atoms with Gasteiger partial charge in [0.15, 0.2) is 0 Å². The van der Waals surface area contributed by atoms with Crippen LogP contribution in [0.1, 0.15) is 24.8 Å². The Bertz CT molecular complexity index is 722. The minimum absolute atomic E-state index is 0.0188. The lowest BCUT2D eigenvalue weighted by molar-refractivity contribution is -0.115. The lowest BCUT2D eigenvalue weighted by Crippen LogP contribution is -2.30. The summed E-state index contributed by atoms with van der Waals surface area (Å²) >= 11 is 0. The van der Waals surface area contributed by atoms with E-state index in [1.807, 2.05) is 6.08 Å². The van der Waals surface area contributed by atoms with Crippen LogP contribution in [0.5, 0.6) is 0 Å². The van der Waals surface area contributed by atoms with Crippen LogP contribution in [0.3, 0.4) is 0 Å². The van der Waals surface area contributed by atoms with Gasteiger partial charge in [0.25, 0.3) is 5.91 Å². The van der Waals surface area contributed by atoms with Gasteiger partial charge in [0, 0.05) is 17.8 Å². The summed E-state index contributed by atoms with van der Waals surface area (Å²) in [5, 5.41) is 0. The van der Waals surface area contributed by atoms with Crippen molar-refractivity contribution in [3.63, 3.8) is 0 Å². The van der Waals surface area contributed by atoms with Crippen molar-refractivity contribution >= 4 is 21.6 Å². The van der Waals surface area contributed by atoms with Gasteiger partial charge in [-0.2, -0.15) is 0 Å². The second kappa shape index (κ2) is 5.27.